The van der Waals surface area contributed by atoms with Gasteiger partial charge in [-0.1, -0.05) is 0 Å². The van der Waals surface area contributed by atoms with Crippen LogP contribution in [0.4, 0.5) is 10.8 Å². The summed E-state index contributed by atoms with van der Waals surface area (Å²) in [5.74, 6) is 0.759. The molecule has 0 saturated carbocycles. The molecule has 1 aliphatic rings. The van der Waals surface area contributed by atoms with Gasteiger partial charge >= 0.3 is 0 Å². The lowest BCUT2D eigenvalue weighted by Crippen LogP contribution is -2.18. The second-order valence-electron chi connectivity index (χ2n) is 5.20. The van der Waals surface area contributed by atoms with Gasteiger partial charge in [-0.05, 0) is 36.6 Å². The van der Waals surface area contributed by atoms with Gasteiger partial charge in [0.1, 0.15) is 5.75 Å². The summed E-state index contributed by atoms with van der Waals surface area (Å²) < 4.78 is 5.68. The van der Waals surface area contributed by atoms with Gasteiger partial charge in [0.15, 0.2) is 5.13 Å². The summed E-state index contributed by atoms with van der Waals surface area (Å²) in [5, 5.41) is 8.01. The number of aromatic nitrogens is 1. The normalized spacial score (nSPS) is 13.1. The molecule has 0 bridgehead atoms. The first-order valence-electron chi connectivity index (χ1n) is 7.45. The van der Waals surface area contributed by atoms with Crippen LogP contribution in [-0.2, 0) is 16.0 Å². The van der Waals surface area contributed by atoms with E-state index in [-0.39, 0.29) is 11.8 Å². The highest BCUT2D eigenvalue weighted by Crippen LogP contribution is 2.26. The summed E-state index contributed by atoms with van der Waals surface area (Å²) in [6.45, 7) is 0.469. The number of ether oxygens (including phenoxy) is 1. The topological polar surface area (TPSA) is 80.3 Å². The smallest absolute Gasteiger partial charge is 0.226 e. The Balaban J connectivity index is 1.42. The minimum absolute atomic E-state index is 0.0532. The zero-order chi connectivity index (χ0) is 16.1. The van der Waals surface area contributed by atoms with Crippen LogP contribution >= 0.6 is 11.3 Å². The molecular weight excluding hydrogens is 314 g/mol. The summed E-state index contributed by atoms with van der Waals surface area (Å²) in [4.78, 5) is 27.0. The number of nitrogens with zero attached hydrogens (tertiary/aromatic N) is 1. The van der Waals surface area contributed by atoms with Gasteiger partial charge in [0.05, 0.1) is 6.61 Å². The average molecular weight is 331 g/mol. The number of hydrogen-bond acceptors (Lipinski definition) is 5. The molecule has 0 radical (unpaired) electrons. The number of amides is 2. The van der Waals surface area contributed by atoms with Crippen LogP contribution < -0.4 is 15.4 Å². The quantitative estimate of drug-likeness (QED) is 0.798. The zero-order valence-corrected chi connectivity index (χ0v) is 13.3. The number of carbonyl (C=O) groups excluding carboxylic acids is 2. The molecule has 1 aromatic heterocycles. The van der Waals surface area contributed by atoms with E-state index >= 15 is 0 Å². The van der Waals surface area contributed by atoms with Gasteiger partial charge in [0.25, 0.3) is 0 Å². The fourth-order valence-corrected chi connectivity index (χ4v) is 2.88. The van der Waals surface area contributed by atoms with E-state index in [2.05, 4.69) is 15.6 Å². The molecule has 7 heteroatoms. The highest BCUT2D eigenvalue weighted by molar-refractivity contribution is 7.13. The number of rotatable bonds is 6. The van der Waals surface area contributed by atoms with Crippen molar-refractivity contribution in [1.29, 1.82) is 0 Å². The summed E-state index contributed by atoms with van der Waals surface area (Å²) >= 11 is 1.40. The maximum atomic E-state index is 11.7. The molecule has 0 saturated heterocycles. The van der Waals surface area contributed by atoms with Gasteiger partial charge in [-0.2, -0.15) is 0 Å². The van der Waals surface area contributed by atoms with Crippen LogP contribution in [0.1, 0.15) is 24.8 Å². The summed E-state index contributed by atoms with van der Waals surface area (Å²) in [6, 6.07) is 5.64. The van der Waals surface area contributed by atoms with E-state index in [1.807, 2.05) is 23.6 Å². The molecule has 0 aliphatic carbocycles. The number of carbonyl (C=O) groups is 2. The Bertz CT molecular complexity index is 701. The van der Waals surface area contributed by atoms with Crippen molar-refractivity contribution in [3.63, 3.8) is 0 Å². The number of benzene rings is 1. The Morgan fingerprint density at radius 2 is 2.30 bits per heavy atom. The van der Waals surface area contributed by atoms with Crippen LogP contribution in [0, 0.1) is 0 Å². The molecule has 2 amide bonds. The van der Waals surface area contributed by atoms with Crippen molar-refractivity contribution in [2.75, 3.05) is 17.2 Å². The van der Waals surface area contributed by atoms with Crippen molar-refractivity contribution in [2.24, 2.45) is 0 Å². The standard InChI is InChI=1S/C16H17N3O3S/c20-14(19-16-17-7-9-23-16)2-1-8-22-12-4-5-13-11(10-12)3-6-15(21)18-13/h4-5,7,9-10H,1-3,6,8H2,(H,18,21)(H,17,19,20). The van der Waals surface area contributed by atoms with Gasteiger partial charge in [-0.15, -0.1) is 11.3 Å². The van der Waals surface area contributed by atoms with Crippen molar-refractivity contribution in [2.45, 2.75) is 25.7 Å². The highest BCUT2D eigenvalue weighted by atomic mass is 32.1. The minimum atomic E-state index is -0.0586. The van der Waals surface area contributed by atoms with Crippen LogP contribution in [0.2, 0.25) is 0 Å². The zero-order valence-electron chi connectivity index (χ0n) is 12.5. The van der Waals surface area contributed by atoms with Crippen molar-refractivity contribution in [3.8, 4) is 5.75 Å². The first-order chi connectivity index (χ1) is 11.2. The Morgan fingerprint density at radius 3 is 3.13 bits per heavy atom. The Hall–Kier alpha value is -2.41. The molecule has 6 nitrogen and oxygen atoms in total. The van der Waals surface area contributed by atoms with E-state index in [9.17, 15) is 9.59 Å². The number of hydrogen-bond donors (Lipinski definition) is 2. The third kappa shape index (κ3) is 4.29. The van der Waals surface area contributed by atoms with Crippen molar-refractivity contribution in [1.82, 2.24) is 4.98 Å². The van der Waals surface area contributed by atoms with Crippen LogP contribution in [0.3, 0.4) is 0 Å². The molecule has 23 heavy (non-hydrogen) atoms. The van der Waals surface area contributed by atoms with E-state index in [0.717, 1.165) is 23.4 Å². The highest BCUT2D eigenvalue weighted by Gasteiger charge is 2.15. The molecule has 0 atom stereocenters. The predicted molar refractivity (Wildman–Crippen MR) is 88.9 cm³/mol. The van der Waals surface area contributed by atoms with Crippen molar-refractivity contribution < 1.29 is 14.3 Å². The molecule has 2 N–H and O–H groups in total. The molecule has 0 spiro atoms. The van der Waals surface area contributed by atoms with Gasteiger partial charge in [0.2, 0.25) is 11.8 Å². The molecule has 0 unspecified atom stereocenters. The maximum absolute atomic E-state index is 11.7. The fraction of sp³-hybridized carbons (Fsp3) is 0.312. The lowest BCUT2D eigenvalue weighted by Gasteiger charge is -2.17. The molecule has 120 valence electrons. The number of nitrogens with one attached hydrogen (secondary N) is 2. The van der Waals surface area contributed by atoms with E-state index < -0.39 is 0 Å². The van der Waals surface area contributed by atoms with E-state index in [4.69, 9.17) is 4.74 Å². The second kappa shape index (κ2) is 7.23. The Kier molecular flexibility index (Phi) is 4.87. The summed E-state index contributed by atoms with van der Waals surface area (Å²) in [6.07, 6.45) is 3.91. The van der Waals surface area contributed by atoms with Gasteiger partial charge in [-0.3, -0.25) is 9.59 Å². The van der Waals surface area contributed by atoms with Crippen LogP contribution in [-0.4, -0.2) is 23.4 Å². The largest absolute Gasteiger partial charge is 0.494 e. The van der Waals surface area contributed by atoms with Crippen molar-refractivity contribution >= 4 is 34.0 Å². The van der Waals surface area contributed by atoms with Gasteiger partial charge < -0.3 is 15.4 Å². The SMILES string of the molecule is O=C(CCCOc1ccc2c(c1)CCC(=O)N2)Nc1nccs1. The second-order valence-corrected chi connectivity index (χ2v) is 6.10. The monoisotopic (exact) mass is 331 g/mol. The van der Waals surface area contributed by atoms with Gasteiger partial charge in [0, 0.05) is 30.1 Å². The number of thiazole rings is 1. The molecule has 2 aromatic rings. The van der Waals surface area contributed by atoms with Crippen molar-refractivity contribution in [3.05, 3.63) is 35.3 Å². The summed E-state index contributed by atoms with van der Waals surface area (Å²) in [5.41, 5.74) is 1.94. The first kappa shape index (κ1) is 15.5. The molecule has 0 fully saturated rings. The van der Waals surface area contributed by atoms with Crippen LogP contribution in [0.25, 0.3) is 0 Å². The maximum Gasteiger partial charge on any atom is 0.226 e. The summed E-state index contributed by atoms with van der Waals surface area (Å²) in [7, 11) is 0. The van der Waals surface area contributed by atoms with Crippen LogP contribution in [0.15, 0.2) is 29.8 Å². The molecule has 2 heterocycles. The Labute approximate surface area is 137 Å². The third-order valence-corrected chi connectivity index (χ3v) is 4.16. The fourth-order valence-electron chi connectivity index (χ4n) is 2.34. The first-order valence-corrected chi connectivity index (χ1v) is 8.33. The number of fused-ring (bicyclic) bond motifs is 1. The third-order valence-electron chi connectivity index (χ3n) is 3.47. The molecule has 3 rings (SSSR count). The lowest BCUT2D eigenvalue weighted by molar-refractivity contribution is -0.117. The molecular formula is C16H17N3O3S. The number of anilines is 2. The van der Waals surface area contributed by atoms with Gasteiger partial charge in [-0.25, -0.2) is 4.98 Å². The average Bonchev–Trinajstić information content (AvgIpc) is 3.04. The lowest BCUT2D eigenvalue weighted by atomic mass is 10.0. The van der Waals surface area contributed by atoms with Crippen LogP contribution in [0.5, 0.6) is 5.75 Å². The Morgan fingerprint density at radius 1 is 1.39 bits per heavy atom. The van der Waals surface area contributed by atoms with E-state index in [0.29, 0.717) is 31.0 Å². The van der Waals surface area contributed by atoms with E-state index in [1.165, 1.54) is 11.3 Å². The molecule has 1 aromatic carbocycles. The molecule has 1 aliphatic heterocycles. The number of aryl methyl sites for hydroxylation is 1. The van der Waals surface area contributed by atoms with E-state index in [1.54, 1.807) is 6.20 Å². The minimum Gasteiger partial charge on any atom is -0.494 e. The predicted octanol–water partition coefficient (Wildman–Crippen LogP) is 2.83.